The van der Waals surface area contributed by atoms with Crippen LogP contribution >= 0.6 is 31.9 Å². The van der Waals surface area contributed by atoms with E-state index < -0.39 is 9.84 Å². The highest BCUT2D eigenvalue weighted by molar-refractivity contribution is 9.11. The molecule has 0 saturated heterocycles. The highest BCUT2D eigenvalue weighted by Crippen LogP contribution is 2.42. The summed E-state index contributed by atoms with van der Waals surface area (Å²) in [4.78, 5) is 0.455. The molecule has 0 radical (unpaired) electrons. The number of anilines is 1. The number of aromatic nitrogens is 1. The van der Waals surface area contributed by atoms with Crippen molar-refractivity contribution >= 4 is 58.3 Å². The average molecular weight is 520 g/mol. The van der Waals surface area contributed by atoms with Crippen molar-refractivity contribution in [3.8, 4) is 11.3 Å². The molecule has 0 unspecified atom stereocenters. The lowest BCUT2D eigenvalue weighted by atomic mass is 10.1. The second-order valence-corrected chi connectivity index (χ2v) is 9.99. The molecule has 0 aliphatic carbocycles. The summed E-state index contributed by atoms with van der Waals surface area (Å²) >= 11 is 6.73. The number of halogens is 2. The number of hydrogen-bond acceptors (Lipinski definition) is 3. The molecule has 4 rings (SSSR count). The van der Waals surface area contributed by atoms with E-state index in [0.717, 1.165) is 11.1 Å². The van der Waals surface area contributed by atoms with Gasteiger partial charge in [-0.05, 0) is 55.6 Å². The van der Waals surface area contributed by atoms with Gasteiger partial charge >= 0.3 is 0 Å². The Bertz CT molecular complexity index is 1310. The monoisotopic (exact) mass is 518 g/mol. The number of nitrogen functional groups attached to an aromatic ring is 1. The average Bonchev–Trinajstić information content (AvgIpc) is 2.99. The lowest BCUT2D eigenvalue weighted by Gasteiger charge is -2.12. The summed E-state index contributed by atoms with van der Waals surface area (Å²) in [6.07, 6.45) is 0. The lowest BCUT2D eigenvalue weighted by Crippen LogP contribution is -2.06. The fraction of sp³-hybridized carbons (Fsp3) is 0.0476. The van der Waals surface area contributed by atoms with Crippen molar-refractivity contribution in [3.63, 3.8) is 0 Å². The predicted octanol–water partition coefficient (Wildman–Crippen LogP) is 5.79. The number of aryl methyl sites for hydroxylation is 1. The first kappa shape index (κ1) is 19.2. The van der Waals surface area contributed by atoms with E-state index in [0.29, 0.717) is 25.7 Å². The lowest BCUT2D eigenvalue weighted by molar-refractivity contribution is 0.596. The van der Waals surface area contributed by atoms with E-state index in [1.807, 2.05) is 66.2 Å². The summed E-state index contributed by atoms with van der Waals surface area (Å²) < 4.78 is 30.6. The van der Waals surface area contributed by atoms with Crippen LogP contribution in [-0.4, -0.2) is 13.0 Å². The van der Waals surface area contributed by atoms with Gasteiger partial charge in [0.2, 0.25) is 9.84 Å². The normalized spacial score (nSPS) is 11.8. The third kappa shape index (κ3) is 2.98. The molecule has 0 atom stereocenters. The molecule has 0 spiro atoms. The molecule has 7 heteroatoms. The van der Waals surface area contributed by atoms with Crippen LogP contribution in [-0.2, 0) is 16.9 Å². The van der Waals surface area contributed by atoms with Gasteiger partial charge in [-0.25, -0.2) is 8.42 Å². The van der Waals surface area contributed by atoms with Gasteiger partial charge in [-0.2, -0.15) is 0 Å². The third-order valence-corrected chi connectivity index (χ3v) is 8.19. The van der Waals surface area contributed by atoms with Crippen LogP contribution in [0.5, 0.6) is 0 Å². The number of nitrogens with two attached hydrogens (primary N) is 1. The highest BCUT2D eigenvalue weighted by atomic mass is 79.9. The zero-order valence-corrected chi connectivity index (χ0v) is 18.8. The Morgan fingerprint density at radius 3 is 2.25 bits per heavy atom. The van der Waals surface area contributed by atoms with Crippen molar-refractivity contribution in [2.75, 3.05) is 5.73 Å². The highest BCUT2D eigenvalue weighted by Gasteiger charge is 2.30. The molecule has 4 aromatic rings. The molecule has 142 valence electrons. The van der Waals surface area contributed by atoms with E-state index in [4.69, 9.17) is 5.73 Å². The van der Waals surface area contributed by atoms with Gasteiger partial charge in [0.1, 0.15) is 4.90 Å². The van der Waals surface area contributed by atoms with E-state index in [2.05, 4.69) is 31.9 Å². The van der Waals surface area contributed by atoms with E-state index in [9.17, 15) is 8.42 Å². The first-order valence-electron chi connectivity index (χ1n) is 8.45. The number of benzene rings is 3. The molecule has 0 aliphatic heterocycles. The molecule has 1 heterocycles. The molecule has 1 aromatic heterocycles. The second-order valence-electron chi connectivity index (χ2n) is 6.43. The molecule has 0 amide bonds. The SMILES string of the molecule is Cn1c(-c2ccccc2)c(S(=O)(=O)c2cc(Br)c(N)cc2Br)c2ccccc21. The van der Waals surface area contributed by atoms with E-state index >= 15 is 0 Å². The zero-order chi connectivity index (χ0) is 20.1. The van der Waals surface area contributed by atoms with Gasteiger partial charge in [0, 0.05) is 32.6 Å². The maximum Gasteiger partial charge on any atom is 0.210 e. The second kappa shape index (κ2) is 7.06. The number of nitrogens with zero attached hydrogens (tertiary/aromatic N) is 1. The molecule has 28 heavy (non-hydrogen) atoms. The van der Waals surface area contributed by atoms with Gasteiger partial charge in [0.05, 0.1) is 10.6 Å². The Hall–Kier alpha value is -2.09. The first-order valence-corrected chi connectivity index (χ1v) is 11.5. The minimum absolute atomic E-state index is 0.169. The number of fused-ring (bicyclic) bond motifs is 1. The zero-order valence-electron chi connectivity index (χ0n) is 14.9. The Balaban J connectivity index is 2.13. The third-order valence-electron chi connectivity index (χ3n) is 4.72. The van der Waals surface area contributed by atoms with Gasteiger partial charge in [-0.3, -0.25) is 0 Å². The topological polar surface area (TPSA) is 65.1 Å². The Labute approximate surface area is 180 Å². The van der Waals surface area contributed by atoms with Crippen molar-refractivity contribution in [3.05, 3.63) is 75.7 Å². The van der Waals surface area contributed by atoms with E-state index in [1.165, 1.54) is 0 Å². The Morgan fingerprint density at radius 1 is 0.893 bits per heavy atom. The van der Waals surface area contributed by atoms with Gasteiger partial charge in [-0.1, -0.05) is 48.5 Å². The van der Waals surface area contributed by atoms with Gasteiger partial charge in [0.15, 0.2) is 0 Å². The van der Waals surface area contributed by atoms with E-state index in [1.54, 1.807) is 12.1 Å². The molecule has 0 aliphatic rings. The van der Waals surface area contributed by atoms with Gasteiger partial charge in [0.25, 0.3) is 0 Å². The van der Waals surface area contributed by atoms with Crippen molar-refractivity contribution in [1.29, 1.82) is 0 Å². The number of sulfone groups is 1. The summed E-state index contributed by atoms with van der Waals surface area (Å²) in [5.74, 6) is 0. The number of hydrogen-bond donors (Lipinski definition) is 1. The minimum atomic E-state index is -3.85. The van der Waals surface area contributed by atoms with Gasteiger partial charge < -0.3 is 10.3 Å². The number of rotatable bonds is 3. The smallest absolute Gasteiger partial charge is 0.210 e. The molecule has 0 bridgehead atoms. The largest absolute Gasteiger partial charge is 0.398 e. The van der Waals surface area contributed by atoms with Crippen LogP contribution in [0.1, 0.15) is 0 Å². The molecule has 0 saturated carbocycles. The Morgan fingerprint density at radius 2 is 1.54 bits per heavy atom. The summed E-state index contributed by atoms with van der Waals surface area (Å²) in [7, 11) is -1.96. The maximum absolute atomic E-state index is 13.8. The quantitative estimate of drug-likeness (QED) is 0.348. The van der Waals surface area contributed by atoms with Crippen molar-refractivity contribution in [2.45, 2.75) is 9.79 Å². The fourth-order valence-corrected chi connectivity index (χ4v) is 6.69. The van der Waals surface area contributed by atoms with Crippen LogP contribution in [0.25, 0.3) is 22.2 Å². The molecule has 4 nitrogen and oxygen atoms in total. The minimum Gasteiger partial charge on any atom is -0.398 e. The van der Waals surface area contributed by atoms with Crippen molar-refractivity contribution in [1.82, 2.24) is 4.57 Å². The standard InChI is InChI=1S/C21H16Br2N2O2S/c1-25-18-10-6-5-9-14(18)21(20(25)13-7-3-2-4-8-13)28(26,27)19-12-15(22)17(24)11-16(19)23/h2-12H,24H2,1H3. The Kier molecular flexibility index (Phi) is 4.85. The molecular weight excluding hydrogens is 504 g/mol. The van der Waals surface area contributed by atoms with Crippen LogP contribution in [0, 0.1) is 0 Å². The van der Waals surface area contributed by atoms with Gasteiger partial charge in [-0.15, -0.1) is 0 Å². The van der Waals surface area contributed by atoms with Crippen LogP contribution < -0.4 is 5.73 Å². The first-order chi connectivity index (χ1) is 13.3. The summed E-state index contributed by atoms with van der Waals surface area (Å²) in [5.41, 5.74) is 8.72. The van der Waals surface area contributed by atoms with Crippen LogP contribution in [0.2, 0.25) is 0 Å². The summed E-state index contributed by atoms with van der Waals surface area (Å²) in [5, 5.41) is 0.684. The molecule has 2 N–H and O–H groups in total. The fourth-order valence-electron chi connectivity index (χ4n) is 3.41. The van der Waals surface area contributed by atoms with Crippen molar-refractivity contribution < 1.29 is 8.42 Å². The number of para-hydroxylation sites is 1. The maximum atomic E-state index is 13.8. The molecule has 0 fully saturated rings. The van der Waals surface area contributed by atoms with Crippen LogP contribution in [0.3, 0.4) is 0 Å². The van der Waals surface area contributed by atoms with Crippen LogP contribution in [0.4, 0.5) is 5.69 Å². The predicted molar refractivity (Wildman–Crippen MR) is 120 cm³/mol. The van der Waals surface area contributed by atoms with Crippen LogP contribution in [0.15, 0.2) is 85.5 Å². The van der Waals surface area contributed by atoms with E-state index in [-0.39, 0.29) is 9.79 Å². The molecule has 3 aromatic carbocycles. The van der Waals surface area contributed by atoms with Crippen molar-refractivity contribution in [2.24, 2.45) is 7.05 Å². The molecular formula is C21H16Br2N2O2S. The summed E-state index contributed by atoms with van der Waals surface area (Å²) in [6, 6.07) is 20.2. The summed E-state index contributed by atoms with van der Waals surface area (Å²) in [6.45, 7) is 0.